The Kier molecular flexibility index (Phi) is 14.4. The number of hydrogen-bond acceptors (Lipinski definition) is 7. The van der Waals surface area contributed by atoms with E-state index in [0.717, 1.165) is 24.3 Å². The van der Waals surface area contributed by atoms with Crippen molar-refractivity contribution in [2.75, 3.05) is 36.2 Å². The molecule has 0 amide bonds. The van der Waals surface area contributed by atoms with E-state index in [4.69, 9.17) is 9.47 Å². The lowest BCUT2D eigenvalue weighted by Gasteiger charge is -2.04. The molecule has 0 saturated heterocycles. The molecular weight excluding hydrogens is 304 g/mol. The highest BCUT2D eigenvalue weighted by molar-refractivity contribution is 7.99. The van der Waals surface area contributed by atoms with Crippen molar-refractivity contribution in [2.24, 2.45) is 0 Å². The zero-order valence-corrected chi connectivity index (χ0v) is 13.6. The lowest BCUT2D eigenvalue weighted by Crippen LogP contribution is -2.07. The maximum atomic E-state index is 11.1. The number of carbonyl (C=O) groups is 2. The number of ether oxygens (including phenoxy) is 2. The largest absolute Gasteiger partial charge is 0.465 e. The zero-order chi connectivity index (χ0) is 14.3. The van der Waals surface area contributed by atoms with Gasteiger partial charge in [0.25, 0.3) is 0 Å². The molecule has 7 heteroatoms. The molecule has 112 valence electrons. The number of carbonyl (C=O) groups excluding carboxylic acids is 2. The van der Waals surface area contributed by atoms with E-state index in [9.17, 15) is 9.59 Å². The van der Waals surface area contributed by atoms with Crippen LogP contribution < -0.4 is 0 Å². The molecule has 0 rings (SSSR count). The Morgan fingerprint density at radius 1 is 0.842 bits per heavy atom. The first-order chi connectivity index (χ1) is 9.20. The Morgan fingerprint density at radius 2 is 1.26 bits per heavy atom. The molecule has 4 nitrogen and oxygen atoms in total. The summed E-state index contributed by atoms with van der Waals surface area (Å²) in [4.78, 5) is 22.3. The maximum Gasteiger partial charge on any atom is 0.305 e. The van der Waals surface area contributed by atoms with Crippen LogP contribution >= 0.6 is 37.0 Å². The predicted molar refractivity (Wildman–Crippen MR) is 85.4 cm³/mol. The number of esters is 2. The molecule has 0 aromatic rings. The van der Waals surface area contributed by atoms with Crippen molar-refractivity contribution < 1.29 is 19.1 Å². The molecule has 19 heavy (non-hydrogen) atoms. The van der Waals surface area contributed by atoms with Crippen LogP contribution in [-0.2, 0) is 19.1 Å². The van der Waals surface area contributed by atoms with E-state index in [2.05, 4.69) is 25.3 Å². The van der Waals surface area contributed by atoms with Crippen LogP contribution in [0.1, 0.15) is 25.7 Å². The number of thiol groups is 2. The van der Waals surface area contributed by atoms with E-state index in [1.807, 2.05) is 0 Å². The molecule has 0 fully saturated rings. The van der Waals surface area contributed by atoms with Crippen molar-refractivity contribution in [2.45, 2.75) is 25.7 Å². The van der Waals surface area contributed by atoms with Gasteiger partial charge in [-0.05, 0) is 24.3 Å². The summed E-state index contributed by atoms with van der Waals surface area (Å²) in [6.07, 6.45) is 2.51. The Morgan fingerprint density at radius 3 is 1.63 bits per heavy atom. The van der Waals surface area contributed by atoms with Gasteiger partial charge in [-0.15, -0.1) is 0 Å². The summed E-state index contributed by atoms with van der Waals surface area (Å²) >= 11 is 9.65. The summed E-state index contributed by atoms with van der Waals surface area (Å²) in [5.41, 5.74) is 0. The number of thioether (sulfide) groups is 1. The fourth-order valence-corrected chi connectivity index (χ4v) is 2.29. The Labute approximate surface area is 130 Å². The third-order valence-corrected chi connectivity index (χ3v) is 3.57. The topological polar surface area (TPSA) is 52.6 Å². The fourth-order valence-electron chi connectivity index (χ4n) is 1.20. The van der Waals surface area contributed by atoms with Gasteiger partial charge in [0.1, 0.15) is 13.2 Å². The third kappa shape index (κ3) is 14.2. The summed E-state index contributed by atoms with van der Waals surface area (Å²) in [5.74, 6) is 2.60. The summed E-state index contributed by atoms with van der Waals surface area (Å²) in [6, 6.07) is 0. The lowest BCUT2D eigenvalue weighted by molar-refractivity contribution is -0.143. The van der Waals surface area contributed by atoms with Gasteiger partial charge in [-0.2, -0.15) is 37.0 Å². The van der Waals surface area contributed by atoms with Crippen molar-refractivity contribution in [3.63, 3.8) is 0 Å². The summed E-state index contributed by atoms with van der Waals surface area (Å²) < 4.78 is 9.79. The van der Waals surface area contributed by atoms with Crippen LogP contribution in [0, 0.1) is 0 Å². The molecular formula is C12H22O4S3. The van der Waals surface area contributed by atoms with Crippen LogP contribution in [0.3, 0.4) is 0 Å². The van der Waals surface area contributed by atoms with E-state index in [-0.39, 0.29) is 11.9 Å². The van der Waals surface area contributed by atoms with Crippen molar-refractivity contribution >= 4 is 49.0 Å². The molecule has 0 aromatic carbocycles. The molecule has 0 aromatic heterocycles. The predicted octanol–water partition coefficient (Wildman–Crippen LogP) is 2.23. The Hall–Kier alpha value is -0.0100. The van der Waals surface area contributed by atoms with Crippen molar-refractivity contribution in [3.8, 4) is 0 Å². The maximum absolute atomic E-state index is 11.1. The highest BCUT2D eigenvalue weighted by Gasteiger charge is 2.03. The molecule has 0 aliphatic heterocycles. The quantitative estimate of drug-likeness (QED) is 0.327. The average Bonchev–Trinajstić information content (AvgIpc) is 2.41. The van der Waals surface area contributed by atoms with Crippen molar-refractivity contribution in [3.05, 3.63) is 0 Å². The first kappa shape index (κ1) is 19.0. The summed E-state index contributed by atoms with van der Waals surface area (Å²) in [7, 11) is 0. The number of rotatable bonds is 12. The Bertz CT molecular complexity index is 225. The second kappa shape index (κ2) is 14.4. The van der Waals surface area contributed by atoms with Gasteiger partial charge in [-0.3, -0.25) is 9.59 Å². The van der Waals surface area contributed by atoms with Crippen molar-refractivity contribution in [1.82, 2.24) is 0 Å². The van der Waals surface area contributed by atoms with E-state index >= 15 is 0 Å². The Balaban J connectivity index is 3.22. The van der Waals surface area contributed by atoms with E-state index in [0.29, 0.717) is 37.6 Å². The van der Waals surface area contributed by atoms with Crippen LogP contribution in [0.15, 0.2) is 0 Å². The average molecular weight is 327 g/mol. The standard InChI is InChI=1S/C12H22O4S3/c13-11(15-5-7-17)3-1-9-19-10-2-4-12(14)16-6-8-18/h17-18H,1-10H2. The van der Waals surface area contributed by atoms with E-state index < -0.39 is 0 Å². The van der Waals surface area contributed by atoms with Gasteiger partial charge in [0.05, 0.1) is 0 Å². The minimum Gasteiger partial charge on any atom is -0.465 e. The lowest BCUT2D eigenvalue weighted by atomic mass is 10.3. The first-order valence-electron chi connectivity index (χ1n) is 6.31. The van der Waals surface area contributed by atoms with Crippen LogP contribution in [0.5, 0.6) is 0 Å². The highest BCUT2D eigenvalue weighted by Crippen LogP contribution is 2.09. The molecule has 0 aliphatic carbocycles. The van der Waals surface area contributed by atoms with Crippen LogP contribution in [0.2, 0.25) is 0 Å². The van der Waals surface area contributed by atoms with Gasteiger partial charge in [0.15, 0.2) is 0 Å². The van der Waals surface area contributed by atoms with Gasteiger partial charge >= 0.3 is 11.9 Å². The summed E-state index contributed by atoms with van der Waals surface area (Å²) in [5, 5.41) is 0. The highest BCUT2D eigenvalue weighted by atomic mass is 32.2. The molecule has 0 N–H and O–H groups in total. The second-order valence-electron chi connectivity index (χ2n) is 3.71. The van der Waals surface area contributed by atoms with Gasteiger partial charge in [0.2, 0.25) is 0 Å². The summed E-state index contributed by atoms with van der Waals surface area (Å²) in [6.45, 7) is 0.757. The first-order valence-corrected chi connectivity index (χ1v) is 8.73. The minimum absolute atomic E-state index is 0.162. The molecule has 0 saturated carbocycles. The SMILES string of the molecule is O=C(CCCSCCCC(=O)OCCS)OCCS. The molecule has 0 heterocycles. The van der Waals surface area contributed by atoms with Gasteiger partial charge < -0.3 is 9.47 Å². The minimum atomic E-state index is -0.162. The van der Waals surface area contributed by atoms with Gasteiger partial charge in [0, 0.05) is 24.3 Å². The molecule has 0 atom stereocenters. The van der Waals surface area contributed by atoms with E-state index in [1.54, 1.807) is 11.8 Å². The van der Waals surface area contributed by atoms with E-state index in [1.165, 1.54) is 0 Å². The molecule has 0 aliphatic rings. The van der Waals surface area contributed by atoms with Crippen LogP contribution in [-0.4, -0.2) is 48.2 Å². The zero-order valence-electron chi connectivity index (χ0n) is 11.0. The fraction of sp³-hybridized carbons (Fsp3) is 0.833. The molecule has 0 spiro atoms. The van der Waals surface area contributed by atoms with Gasteiger partial charge in [-0.1, -0.05) is 0 Å². The molecule has 0 radical (unpaired) electrons. The van der Waals surface area contributed by atoms with Crippen molar-refractivity contribution in [1.29, 1.82) is 0 Å². The molecule has 0 bridgehead atoms. The monoisotopic (exact) mass is 326 g/mol. The number of hydrogen-bond donors (Lipinski definition) is 2. The normalized spacial score (nSPS) is 10.2. The smallest absolute Gasteiger partial charge is 0.305 e. The molecule has 0 unspecified atom stereocenters. The third-order valence-electron chi connectivity index (χ3n) is 2.05. The van der Waals surface area contributed by atoms with Crippen LogP contribution in [0.25, 0.3) is 0 Å². The van der Waals surface area contributed by atoms with Gasteiger partial charge in [-0.25, -0.2) is 0 Å². The second-order valence-corrected chi connectivity index (χ2v) is 5.83. The van der Waals surface area contributed by atoms with Crippen LogP contribution in [0.4, 0.5) is 0 Å².